The molecule has 142 valence electrons. The van der Waals surface area contributed by atoms with Crippen LogP contribution in [0.1, 0.15) is 28.8 Å². The van der Waals surface area contributed by atoms with Gasteiger partial charge in [0.1, 0.15) is 0 Å². The van der Waals surface area contributed by atoms with Crippen molar-refractivity contribution in [2.45, 2.75) is 25.8 Å². The van der Waals surface area contributed by atoms with Crippen molar-refractivity contribution in [2.75, 3.05) is 32.7 Å². The molecule has 1 aromatic carbocycles. The van der Waals surface area contributed by atoms with Gasteiger partial charge in [0.2, 0.25) is 5.91 Å². The average Bonchev–Trinajstić information content (AvgIpc) is 2.61. The van der Waals surface area contributed by atoms with Gasteiger partial charge in [-0.2, -0.15) is 0 Å². The minimum atomic E-state index is -0.448. The monoisotopic (exact) mass is 382 g/mol. The van der Waals surface area contributed by atoms with Crippen LogP contribution >= 0.6 is 12.4 Å². The maximum Gasteiger partial charge on any atom is 0.272 e. The van der Waals surface area contributed by atoms with Crippen molar-refractivity contribution in [1.82, 2.24) is 15.1 Å². The predicted octanol–water partition coefficient (Wildman–Crippen LogP) is 1.36. The second-order valence-electron chi connectivity index (χ2n) is 6.57. The van der Waals surface area contributed by atoms with E-state index in [-0.39, 0.29) is 36.0 Å². The fourth-order valence-electron chi connectivity index (χ4n) is 3.58. The number of benzene rings is 1. The predicted molar refractivity (Wildman–Crippen MR) is 98.6 cm³/mol. The lowest BCUT2D eigenvalue weighted by atomic mass is 10.0. The van der Waals surface area contributed by atoms with Crippen LogP contribution in [-0.2, 0) is 4.79 Å². The number of piperidine rings is 1. The third-order valence-electron chi connectivity index (χ3n) is 4.89. The number of piperazine rings is 1. The SMILES string of the molecule is Cc1cc(C(=O)N2CCCC(N3CCNCC3=O)C2)ccc1[N+](=O)[O-].Cl. The Morgan fingerprint density at radius 1 is 1.35 bits per heavy atom. The summed E-state index contributed by atoms with van der Waals surface area (Å²) in [5.74, 6) is -0.0537. The molecule has 0 radical (unpaired) electrons. The van der Waals surface area contributed by atoms with Crippen LogP contribution in [0.15, 0.2) is 18.2 Å². The van der Waals surface area contributed by atoms with E-state index in [9.17, 15) is 19.7 Å². The molecule has 3 rings (SSSR count). The Kier molecular flexibility index (Phi) is 6.55. The van der Waals surface area contributed by atoms with Crippen molar-refractivity contribution in [3.8, 4) is 0 Å². The summed E-state index contributed by atoms with van der Waals surface area (Å²) in [5, 5.41) is 14.0. The van der Waals surface area contributed by atoms with Crippen LogP contribution in [0.3, 0.4) is 0 Å². The van der Waals surface area contributed by atoms with Gasteiger partial charge in [0.05, 0.1) is 11.5 Å². The highest BCUT2D eigenvalue weighted by molar-refractivity contribution is 5.95. The molecule has 9 heteroatoms. The van der Waals surface area contributed by atoms with Crippen LogP contribution in [0.4, 0.5) is 5.69 Å². The molecule has 1 aromatic rings. The van der Waals surface area contributed by atoms with E-state index >= 15 is 0 Å². The molecule has 1 N–H and O–H groups in total. The van der Waals surface area contributed by atoms with Crippen molar-refractivity contribution in [3.05, 3.63) is 39.4 Å². The zero-order valence-electron chi connectivity index (χ0n) is 14.6. The number of aryl methyl sites for hydroxylation is 1. The van der Waals surface area contributed by atoms with Gasteiger partial charge in [-0.15, -0.1) is 12.4 Å². The fourth-order valence-corrected chi connectivity index (χ4v) is 3.58. The van der Waals surface area contributed by atoms with Gasteiger partial charge in [0.15, 0.2) is 0 Å². The summed E-state index contributed by atoms with van der Waals surface area (Å²) in [6.45, 7) is 4.59. The second kappa shape index (κ2) is 8.46. The molecular formula is C17H23ClN4O4. The molecule has 2 saturated heterocycles. The van der Waals surface area contributed by atoms with E-state index in [1.54, 1.807) is 17.9 Å². The van der Waals surface area contributed by atoms with E-state index in [2.05, 4.69) is 5.32 Å². The molecule has 26 heavy (non-hydrogen) atoms. The summed E-state index contributed by atoms with van der Waals surface area (Å²) < 4.78 is 0. The van der Waals surface area contributed by atoms with E-state index in [4.69, 9.17) is 0 Å². The molecule has 2 aliphatic heterocycles. The number of halogens is 1. The van der Waals surface area contributed by atoms with Crippen LogP contribution in [-0.4, -0.2) is 65.3 Å². The summed E-state index contributed by atoms with van der Waals surface area (Å²) in [5.41, 5.74) is 0.941. The van der Waals surface area contributed by atoms with Gasteiger partial charge in [-0.25, -0.2) is 0 Å². The number of amides is 2. The number of carbonyl (C=O) groups is 2. The average molecular weight is 383 g/mol. The van der Waals surface area contributed by atoms with Gasteiger partial charge in [0.25, 0.3) is 11.6 Å². The third kappa shape index (κ3) is 4.13. The molecule has 0 bridgehead atoms. The second-order valence-corrected chi connectivity index (χ2v) is 6.57. The highest BCUT2D eigenvalue weighted by Crippen LogP contribution is 2.22. The molecule has 0 aliphatic carbocycles. The van der Waals surface area contributed by atoms with Crippen molar-refractivity contribution >= 4 is 29.9 Å². The lowest BCUT2D eigenvalue weighted by Crippen LogP contribution is -2.57. The van der Waals surface area contributed by atoms with Gasteiger partial charge in [-0.3, -0.25) is 19.7 Å². The Hall–Kier alpha value is -2.19. The number of nitrogens with one attached hydrogen (secondary N) is 1. The van der Waals surface area contributed by atoms with Crippen LogP contribution in [0.5, 0.6) is 0 Å². The summed E-state index contributed by atoms with van der Waals surface area (Å²) in [4.78, 5) is 39.0. The molecule has 0 aromatic heterocycles. The Morgan fingerprint density at radius 3 is 2.77 bits per heavy atom. The number of nitro benzene ring substituents is 1. The van der Waals surface area contributed by atoms with E-state index in [1.165, 1.54) is 12.1 Å². The largest absolute Gasteiger partial charge is 0.337 e. The molecule has 2 fully saturated rings. The van der Waals surface area contributed by atoms with Crippen molar-refractivity contribution < 1.29 is 14.5 Å². The van der Waals surface area contributed by atoms with Gasteiger partial charge in [-0.1, -0.05) is 0 Å². The zero-order valence-corrected chi connectivity index (χ0v) is 15.5. The van der Waals surface area contributed by atoms with Gasteiger partial charge in [-0.05, 0) is 31.9 Å². The van der Waals surface area contributed by atoms with E-state index < -0.39 is 4.92 Å². The van der Waals surface area contributed by atoms with E-state index in [1.807, 2.05) is 4.90 Å². The molecule has 1 unspecified atom stereocenters. The number of rotatable bonds is 3. The molecule has 1 atom stereocenters. The molecular weight excluding hydrogens is 360 g/mol. The molecule has 0 saturated carbocycles. The van der Waals surface area contributed by atoms with Crippen molar-refractivity contribution in [3.63, 3.8) is 0 Å². The maximum atomic E-state index is 12.8. The van der Waals surface area contributed by atoms with E-state index in [0.29, 0.717) is 37.3 Å². The lowest BCUT2D eigenvalue weighted by molar-refractivity contribution is -0.385. The first-order chi connectivity index (χ1) is 12.0. The quantitative estimate of drug-likeness (QED) is 0.629. The first kappa shape index (κ1) is 20.1. The summed E-state index contributed by atoms with van der Waals surface area (Å²) in [6.07, 6.45) is 1.74. The Labute approximate surface area is 158 Å². The van der Waals surface area contributed by atoms with Crippen molar-refractivity contribution in [2.24, 2.45) is 0 Å². The van der Waals surface area contributed by atoms with Gasteiger partial charge in [0, 0.05) is 49.4 Å². The minimum Gasteiger partial charge on any atom is -0.337 e. The fraction of sp³-hybridized carbons (Fsp3) is 0.529. The Bertz CT molecular complexity index is 712. The van der Waals surface area contributed by atoms with Crippen LogP contribution in [0, 0.1) is 17.0 Å². The Balaban J connectivity index is 0.00000243. The van der Waals surface area contributed by atoms with Crippen LogP contribution in [0.25, 0.3) is 0 Å². The van der Waals surface area contributed by atoms with Crippen molar-refractivity contribution in [1.29, 1.82) is 0 Å². The number of nitrogens with zero attached hydrogens (tertiary/aromatic N) is 3. The molecule has 2 heterocycles. The third-order valence-corrected chi connectivity index (χ3v) is 4.89. The topological polar surface area (TPSA) is 95.8 Å². The van der Waals surface area contributed by atoms with E-state index in [0.717, 1.165) is 19.4 Å². The smallest absolute Gasteiger partial charge is 0.272 e. The highest BCUT2D eigenvalue weighted by atomic mass is 35.5. The van der Waals surface area contributed by atoms with Gasteiger partial charge < -0.3 is 15.1 Å². The zero-order chi connectivity index (χ0) is 18.0. The normalized spacial score (nSPS) is 20.5. The van der Waals surface area contributed by atoms with Crippen LogP contribution in [0.2, 0.25) is 0 Å². The summed E-state index contributed by atoms with van der Waals surface area (Å²) in [7, 11) is 0. The van der Waals surface area contributed by atoms with Gasteiger partial charge >= 0.3 is 0 Å². The number of nitro groups is 1. The lowest BCUT2D eigenvalue weighted by Gasteiger charge is -2.41. The standard InChI is InChI=1S/C17H22N4O4.ClH/c1-12-9-13(4-5-15(12)21(24)25)17(23)19-7-2-3-14(11-19)20-8-6-18-10-16(20)22;/h4-5,9,14,18H,2-3,6-8,10-11H2,1H3;1H. The molecule has 8 nitrogen and oxygen atoms in total. The van der Waals surface area contributed by atoms with Crippen LogP contribution < -0.4 is 5.32 Å². The summed E-state index contributed by atoms with van der Waals surface area (Å²) in [6, 6.07) is 4.50. The number of hydrogen-bond acceptors (Lipinski definition) is 5. The number of hydrogen-bond donors (Lipinski definition) is 1. The number of likely N-dealkylation sites (tertiary alicyclic amines) is 1. The maximum absolute atomic E-state index is 12.8. The Morgan fingerprint density at radius 2 is 2.12 bits per heavy atom. The molecule has 2 amide bonds. The highest BCUT2D eigenvalue weighted by Gasteiger charge is 2.32. The minimum absolute atomic E-state index is 0. The first-order valence-corrected chi connectivity index (χ1v) is 8.52. The molecule has 2 aliphatic rings. The molecule has 0 spiro atoms. The number of carbonyl (C=O) groups excluding carboxylic acids is 2. The summed E-state index contributed by atoms with van der Waals surface area (Å²) >= 11 is 0. The first-order valence-electron chi connectivity index (χ1n) is 8.52.